The van der Waals surface area contributed by atoms with Crippen molar-refractivity contribution in [2.45, 2.75) is 38.8 Å². The molecule has 1 fully saturated rings. The number of nitrogens with one attached hydrogen (secondary N) is 2. The minimum Gasteiger partial charge on any atom is -0.481 e. The van der Waals surface area contributed by atoms with Crippen LogP contribution in [0.4, 0.5) is 4.79 Å². The van der Waals surface area contributed by atoms with Gasteiger partial charge in [-0.1, -0.05) is 62.4 Å². The van der Waals surface area contributed by atoms with Crippen molar-refractivity contribution in [3.8, 4) is 11.1 Å². The van der Waals surface area contributed by atoms with Crippen LogP contribution in [0.5, 0.6) is 0 Å². The number of rotatable bonds is 8. The van der Waals surface area contributed by atoms with Gasteiger partial charge in [0, 0.05) is 12.0 Å². The third-order valence-electron chi connectivity index (χ3n) is 6.97. The third-order valence-corrected chi connectivity index (χ3v) is 6.97. The van der Waals surface area contributed by atoms with Gasteiger partial charge in [0.2, 0.25) is 5.91 Å². The molecular weight excluding hydrogens is 448 g/mol. The highest BCUT2D eigenvalue weighted by atomic mass is 16.5. The number of benzene rings is 2. The molecule has 0 radical (unpaired) electrons. The van der Waals surface area contributed by atoms with Crippen molar-refractivity contribution in [1.82, 2.24) is 10.6 Å². The van der Waals surface area contributed by atoms with Gasteiger partial charge in [0.25, 0.3) is 0 Å². The topological polar surface area (TPSA) is 114 Å². The van der Waals surface area contributed by atoms with Crippen LogP contribution in [-0.2, 0) is 19.1 Å². The number of amides is 2. The van der Waals surface area contributed by atoms with Crippen LogP contribution in [0.2, 0.25) is 0 Å². The lowest BCUT2D eigenvalue weighted by Gasteiger charge is -2.29. The average Bonchev–Trinajstić information content (AvgIpc) is 3.40. The van der Waals surface area contributed by atoms with Gasteiger partial charge >= 0.3 is 12.1 Å². The highest BCUT2D eigenvalue weighted by Gasteiger charge is 2.38. The van der Waals surface area contributed by atoms with E-state index in [4.69, 9.17) is 9.47 Å². The summed E-state index contributed by atoms with van der Waals surface area (Å²) in [6.45, 7) is 5.94. The Labute approximate surface area is 205 Å². The molecule has 0 spiro atoms. The van der Waals surface area contributed by atoms with Gasteiger partial charge in [-0.25, -0.2) is 4.79 Å². The number of carboxylic acid groups (broad SMARTS) is 1. The Morgan fingerprint density at radius 3 is 2.17 bits per heavy atom. The number of carboxylic acids is 1. The van der Waals surface area contributed by atoms with Crippen LogP contribution in [0.15, 0.2) is 48.5 Å². The third kappa shape index (κ3) is 5.17. The summed E-state index contributed by atoms with van der Waals surface area (Å²) in [7, 11) is 0. The van der Waals surface area contributed by atoms with Crippen LogP contribution in [0.25, 0.3) is 11.1 Å². The Kier molecular flexibility index (Phi) is 7.40. The van der Waals surface area contributed by atoms with Crippen LogP contribution in [0.3, 0.4) is 0 Å². The van der Waals surface area contributed by atoms with E-state index in [1.165, 1.54) is 0 Å². The largest absolute Gasteiger partial charge is 0.481 e. The number of carbonyl (C=O) groups is 3. The van der Waals surface area contributed by atoms with Gasteiger partial charge in [-0.15, -0.1) is 0 Å². The molecular formula is C27H32N2O6. The first-order chi connectivity index (χ1) is 16.8. The van der Waals surface area contributed by atoms with E-state index in [2.05, 4.69) is 34.9 Å². The first-order valence-corrected chi connectivity index (χ1v) is 12.0. The van der Waals surface area contributed by atoms with Crippen LogP contribution in [0.1, 0.15) is 37.8 Å². The van der Waals surface area contributed by atoms with E-state index >= 15 is 0 Å². The normalized spacial score (nSPS) is 20.6. The van der Waals surface area contributed by atoms with Crippen LogP contribution >= 0.6 is 0 Å². The van der Waals surface area contributed by atoms with Gasteiger partial charge in [0.05, 0.1) is 25.2 Å². The highest BCUT2D eigenvalue weighted by Crippen LogP contribution is 2.44. The summed E-state index contributed by atoms with van der Waals surface area (Å²) in [5, 5.41) is 15.0. The van der Waals surface area contributed by atoms with Crippen molar-refractivity contribution in [1.29, 1.82) is 0 Å². The molecule has 2 amide bonds. The van der Waals surface area contributed by atoms with E-state index in [9.17, 15) is 19.5 Å². The number of aliphatic carboxylic acids is 1. The number of alkyl carbamates (subject to hydrolysis) is 1. The van der Waals surface area contributed by atoms with Gasteiger partial charge < -0.3 is 25.2 Å². The standard InChI is InChI=1S/C27H32N2O6/c1-15(2)24(25(30)29-23-14-34-12-22(23)26(31)32)16(3)28-27(33)35-13-21-19-10-6-4-8-17(19)18-9-5-7-11-20(18)21/h4-11,15-16,21-24H,12-14H2,1-3H3,(H,28,33)(H,29,30)(H,31,32). The molecule has 1 heterocycles. The molecule has 0 bridgehead atoms. The smallest absolute Gasteiger partial charge is 0.407 e. The SMILES string of the molecule is CC(C)C(C(=O)NC1COCC1C(=O)O)C(C)NC(=O)OCC1c2ccccc2-c2ccccc21. The monoisotopic (exact) mass is 480 g/mol. The van der Waals surface area contributed by atoms with Crippen molar-refractivity contribution in [3.63, 3.8) is 0 Å². The molecule has 8 nitrogen and oxygen atoms in total. The summed E-state index contributed by atoms with van der Waals surface area (Å²) in [5.74, 6) is -2.80. The van der Waals surface area contributed by atoms with Gasteiger partial charge in [-0.05, 0) is 35.1 Å². The minimum atomic E-state index is -1.00. The van der Waals surface area contributed by atoms with Crippen LogP contribution in [-0.4, -0.2) is 55.0 Å². The lowest BCUT2D eigenvalue weighted by molar-refractivity contribution is -0.142. The highest BCUT2D eigenvalue weighted by molar-refractivity contribution is 5.82. The molecule has 35 heavy (non-hydrogen) atoms. The van der Waals surface area contributed by atoms with E-state index in [1.807, 2.05) is 38.1 Å². The maximum absolute atomic E-state index is 13.0. The molecule has 4 atom stereocenters. The van der Waals surface area contributed by atoms with E-state index < -0.39 is 36.0 Å². The maximum Gasteiger partial charge on any atom is 0.407 e. The van der Waals surface area contributed by atoms with Gasteiger partial charge in [-0.2, -0.15) is 0 Å². The maximum atomic E-state index is 13.0. The van der Waals surface area contributed by atoms with Crippen molar-refractivity contribution >= 4 is 18.0 Å². The second kappa shape index (κ2) is 10.5. The second-order valence-electron chi connectivity index (χ2n) is 9.63. The van der Waals surface area contributed by atoms with E-state index in [0.29, 0.717) is 0 Å². The molecule has 4 unspecified atom stereocenters. The molecule has 2 aromatic rings. The summed E-state index contributed by atoms with van der Waals surface area (Å²) in [6.07, 6.45) is -0.592. The Morgan fingerprint density at radius 2 is 1.60 bits per heavy atom. The lowest BCUT2D eigenvalue weighted by Crippen LogP contribution is -2.52. The molecule has 0 saturated carbocycles. The molecule has 2 aromatic carbocycles. The minimum absolute atomic E-state index is 0.0528. The van der Waals surface area contributed by atoms with Crippen molar-refractivity contribution < 1.29 is 29.0 Å². The van der Waals surface area contributed by atoms with Crippen molar-refractivity contribution in [2.75, 3.05) is 19.8 Å². The molecule has 8 heteroatoms. The Morgan fingerprint density at radius 1 is 1.00 bits per heavy atom. The van der Waals surface area contributed by atoms with E-state index in [0.717, 1.165) is 22.3 Å². The number of hydrogen-bond acceptors (Lipinski definition) is 5. The second-order valence-corrected chi connectivity index (χ2v) is 9.63. The predicted molar refractivity (Wildman–Crippen MR) is 130 cm³/mol. The fourth-order valence-electron chi connectivity index (χ4n) is 5.24. The first-order valence-electron chi connectivity index (χ1n) is 12.0. The first kappa shape index (κ1) is 24.7. The van der Waals surface area contributed by atoms with Crippen molar-refractivity contribution in [2.24, 2.45) is 17.8 Å². The number of ether oxygens (including phenoxy) is 2. The average molecular weight is 481 g/mol. The van der Waals surface area contributed by atoms with Crippen molar-refractivity contribution in [3.05, 3.63) is 59.7 Å². The summed E-state index contributed by atoms with van der Waals surface area (Å²) < 4.78 is 10.9. The summed E-state index contributed by atoms with van der Waals surface area (Å²) in [4.78, 5) is 37.1. The Hall–Kier alpha value is -3.39. The zero-order chi connectivity index (χ0) is 25.1. The zero-order valence-corrected chi connectivity index (χ0v) is 20.2. The van der Waals surface area contributed by atoms with E-state index in [-0.39, 0.29) is 37.6 Å². The van der Waals surface area contributed by atoms with Gasteiger partial charge in [-0.3, -0.25) is 9.59 Å². The Bertz CT molecular complexity index is 1060. The van der Waals surface area contributed by atoms with Crippen LogP contribution in [0, 0.1) is 17.8 Å². The molecule has 0 aromatic heterocycles. The summed E-state index contributed by atoms with van der Waals surface area (Å²) in [6, 6.07) is 15.1. The molecule has 1 aliphatic heterocycles. The molecule has 4 rings (SSSR count). The molecule has 2 aliphatic rings. The fourth-order valence-corrected chi connectivity index (χ4v) is 5.24. The van der Waals surface area contributed by atoms with E-state index in [1.54, 1.807) is 6.92 Å². The quantitative estimate of drug-likeness (QED) is 0.534. The molecule has 1 aliphatic carbocycles. The summed E-state index contributed by atoms with van der Waals surface area (Å²) in [5.41, 5.74) is 4.55. The predicted octanol–water partition coefficient (Wildman–Crippen LogP) is 3.40. The number of carbonyl (C=O) groups excluding carboxylic acids is 2. The molecule has 3 N–H and O–H groups in total. The van der Waals surface area contributed by atoms with Gasteiger partial charge in [0.1, 0.15) is 12.5 Å². The fraction of sp³-hybridized carbons (Fsp3) is 0.444. The number of hydrogen-bond donors (Lipinski definition) is 3. The van der Waals surface area contributed by atoms with Gasteiger partial charge in [0.15, 0.2) is 0 Å². The molecule has 1 saturated heterocycles. The number of fused-ring (bicyclic) bond motifs is 3. The van der Waals surface area contributed by atoms with Crippen LogP contribution < -0.4 is 10.6 Å². The lowest BCUT2D eigenvalue weighted by atomic mass is 9.88. The summed E-state index contributed by atoms with van der Waals surface area (Å²) >= 11 is 0. The Balaban J connectivity index is 1.37. The zero-order valence-electron chi connectivity index (χ0n) is 20.2. The molecule has 186 valence electrons.